The van der Waals surface area contributed by atoms with Gasteiger partial charge in [0, 0.05) is 18.2 Å². The van der Waals surface area contributed by atoms with E-state index in [1.165, 1.54) is 23.9 Å². The summed E-state index contributed by atoms with van der Waals surface area (Å²) in [6.07, 6.45) is -3.97. The van der Waals surface area contributed by atoms with Crippen LogP contribution in [-0.4, -0.2) is 32.1 Å². The molecule has 0 unspecified atom stereocenters. The summed E-state index contributed by atoms with van der Waals surface area (Å²) in [5.41, 5.74) is -0.687. The summed E-state index contributed by atoms with van der Waals surface area (Å²) in [5, 5.41) is 6.38. The zero-order chi connectivity index (χ0) is 22.2. The molecule has 3 heterocycles. The molecule has 1 aliphatic heterocycles. The van der Waals surface area contributed by atoms with Gasteiger partial charge in [-0.3, -0.25) is 14.2 Å². The largest absolute Gasteiger partial charge is 0.416 e. The first-order valence-corrected chi connectivity index (χ1v) is 11.0. The Bertz CT molecular complexity index is 1210. The summed E-state index contributed by atoms with van der Waals surface area (Å²) < 4.78 is 45.6. The van der Waals surface area contributed by atoms with Gasteiger partial charge in [-0.2, -0.15) is 13.2 Å². The molecule has 0 radical (unpaired) electrons. The van der Waals surface area contributed by atoms with E-state index in [4.69, 9.17) is 4.52 Å². The lowest BCUT2D eigenvalue weighted by Crippen LogP contribution is -2.25. The van der Waals surface area contributed by atoms with Crippen LogP contribution in [0.25, 0.3) is 5.69 Å². The van der Waals surface area contributed by atoms with Gasteiger partial charge in [-0.05, 0) is 25.1 Å². The molecule has 0 saturated heterocycles. The highest BCUT2D eigenvalue weighted by molar-refractivity contribution is 8.00. The van der Waals surface area contributed by atoms with Crippen LogP contribution >= 0.6 is 23.5 Å². The maximum absolute atomic E-state index is 13.2. The molecule has 1 N–H and O–H groups in total. The van der Waals surface area contributed by atoms with E-state index in [1.54, 1.807) is 13.0 Å². The molecule has 31 heavy (non-hydrogen) atoms. The van der Waals surface area contributed by atoms with Gasteiger partial charge < -0.3 is 9.84 Å². The zero-order valence-corrected chi connectivity index (χ0v) is 17.7. The van der Waals surface area contributed by atoms with Gasteiger partial charge in [0.2, 0.25) is 5.91 Å². The van der Waals surface area contributed by atoms with Crippen LogP contribution in [0.15, 0.2) is 49.7 Å². The van der Waals surface area contributed by atoms with Crippen LogP contribution in [0.3, 0.4) is 0 Å². The minimum Gasteiger partial charge on any atom is -0.360 e. The van der Waals surface area contributed by atoms with Crippen molar-refractivity contribution in [3.63, 3.8) is 0 Å². The second-order valence-corrected chi connectivity index (χ2v) is 8.66. The maximum atomic E-state index is 13.2. The lowest BCUT2D eigenvalue weighted by atomic mass is 10.2. The number of aromatic nitrogens is 3. The lowest BCUT2D eigenvalue weighted by Gasteiger charge is -2.15. The Kier molecular flexibility index (Phi) is 5.84. The van der Waals surface area contributed by atoms with Crippen LogP contribution in [0.2, 0.25) is 0 Å². The van der Waals surface area contributed by atoms with Gasteiger partial charge in [-0.15, -0.1) is 11.8 Å². The van der Waals surface area contributed by atoms with Crippen molar-refractivity contribution in [1.82, 2.24) is 14.7 Å². The first kappa shape index (κ1) is 21.5. The fourth-order valence-corrected chi connectivity index (χ4v) is 4.83. The van der Waals surface area contributed by atoms with Gasteiger partial charge in [0.15, 0.2) is 11.0 Å². The lowest BCUT2D eigenvalue weighted by molar-refractivity contribution is -0.137. The van der Waals surface area contributed by atoms with E-state index in [9.17, 15) is 22.8 Å². The number of fused-ring (bicyclic) bond motifs is 1. The van der Waals surface area contributed by atoms with Crippen molar-refractivity contribution < 1.29 is 22.5 Å². The number of anilines is 1. The van der Waals surface area contributed by atoms with Crippen molar-refractivity contribution in [2.75, 3.05) is 16.8 Å². The Morgan fingerprint density at radius 3 is 2.87 bits per heavy atom. The fraction of sp³-hybridized carbons (Fsp3) is 0.263. The van der Waals surface area contributed by atoms with Crippen LogP contribution in [0.1, 0.15) is 17.0 Å². The van der Waals surface area contributed by atoms with Crippen molar-refractivity contribution >= 4 is 35.2 Å². The van der Waals surface area contributed by atoms with Crippen molar-refractivity contribution in [1.29, 1.82) is 0 Å². The van der Waals surface area contributed by atoms with E-state index in [0.29, 0.717) is 28.5 Å². The average Bonchev–Trinajstić information content (AvgIpc) is 3.35. The average molecular weight is 468 g/mol. The molecule has 1 amide bonds. The Balaban J connectivity index is 1.67. The standard InChI is InChI=1S/C19H15F3N4O3S2/c1-10-7-14(25-29-10)24-15(27)9-31-18-23-13-5-6-30-16(13)17(28)26(18)12-4-2-3-11(8-12)19(20,21)22/h2-4,7-8H,5-6,9H2,1H3,(H,24,25,27). The molecule has 12 heteroatoms. The Hall–Kier alpha value is -2.73. The van der Waals surface area contributed by atoms with Gasteiger partial charge in [-0.25, -0.2) is 4.98 Å². The fourth-order valence-electron chi connectivity index (χ4n) is 2.97. The molecule has 7 nitrogen and oxygen atoms in total. The van der Waals surface area contributed by atoms with Crippen molar-refractivity contribution in [3.05, 3.63) is 57.7 Å². The number of rotatable bonds is 5. The highest BCUT2D eigenvalue weighted by Crippen LogP contribution is 2.33. The number of aryl methyl sites for hydroxylation is 2. The predicted molar refractivity (Wildman–Crippen MR) is 110 cm³/mol. The summed E-state index contributed by atoms with van der Waals surface area (Å²) in [6, 6.07) is 6.03. The molecule has 0 spiro atoms. The number of nitrogens with one attached hydrogen (secondary N) is 1. The van der Waals surface area contributed by atoms with Crippen LogP contribution in [0.4, 0.5) is 19.0 Å². The van der Waals surface area contributed by atoms with Crippen LogP contribution < -0.4 is 10.9 Å². The minimum atomic E-state index is -4.55. The number of nitrogens with zero attached hydrogens (tertiary/aromatic N) is 3. The number of carbonyl (C=O) groups excluding carboxylic acids is 1. The number of carbonyl (C=O) groups is 1. The van der Waals surface area contributed by atoms with Gasteiger partial charge >= 0.3 is 6.18 Å². The smallest absolute Gasteiger partial charge is 0.360 e. The summed E-state index contributed by atoms with van der Waals surface area (Å²) in [6.45, 7) is 1.68. The van der Waals surface area contributed by atoms with Crippen LogP contribution in [0.5, 0.6) is 0 Å². The number of amides is 1. The number of thioether (sulfide) groups is 2. The summed E-state index contributed by atoms with van der Waals surface area (Å²) in [4.78, 5) is 30.2. The monoisotopic (exact) mass is 468 g/mol. The molecule has 0 fully saturated rings. The number of hydrogen-bond acceptors (Lipinski definition) is 7. The predicted octanol–water partition coefficient (Wildman–Crippen LogP) is 3.93. The van der Waals surface area contributed by atoms with Crippen LogP contribution in [0, 0.1) is 6.92 Å². The topological polar surface area (TPSA) is 90.0 Å². The summed E-state index contributed by atoms with van der Waals surface area (Å²) >= 11 is 2.29. The third-order valence-corrected chi connectivity index (χ3v) is 6.37. The second kappa shape index (κ2) is 8.42. The molecule has 3 aromatic rings. The molecule has 1 aliphatic rings. The van der Waals surface area contributed by atoms with Crippen molar-refractivity contribution in [3.8, 4) is 5.69 Å². The SMILES string of the molecule is Cc1cc(NC(=O)CSc2nc3c(c(=O)n2-c2cccc(C(F)(F)F)c2)SCC3)no1. The Labute approximate surface area is 182 Å². The van der Waals surface area contributed by atoms with Gasteiger partial charge in [0.05, 0.1) is 27.6 Å². The molecular weight excluding hydrogens is 453 g/mol. The van der Waals surface area contributed by atoms with Gasteiger partial charge in [0.1, 0.15) is 5.76 Å². The molecule has 2 aromatic heterocycles. The zero-order valence-electron chi connectivity index (χ0n) is 16.0. The summed E-state index contributed by atoms with van der Waals surface area (Å²) in [5.74, 6) is 0.901. The number of benzene rings is 1. The van der Waals surface area contributed by atoms with Crippen LogP contribution in [-0.2, 0) is 17.4 Å². The van der Waals surface area contributed by atoms with E-state index in [-0.39, 0.29) is 22.4 Å². The molecule has 1 aromatic carbocycles. The normalized spacial score (nSPS) is 13.3. The summed E-state index contributed by atoms with van der Waals surface area (Å²) in [7, 11) is 0. The van der Waals surface area contributed by atoms with E-state index >= 15 is 0 Å². The molecule has 162 valence electrons. The van der Waals surface area contributed by atoms with E-state index < -0.39 is 23.2 Å². The molecule has 0 saturated carbocycles. The van der Waals surface area contributed by atoms with E-state index in [0.717, 1.165) is 28.5 Å². The Morgan fingerprint density at radius 2 is 2.16 bits per heavy atom. The highest BCUT2D eigenvalue weighted by atomic mass is 32.2. The number of hydrogen-bond donors (Lipinski definition) is 1. The number of alkyl halides is 3. The first-order chi connectivity index (χ1) is 14.7. The van der Waals surface area contributed by atoms with E-state index in [1.807, 2.05) is 0 Å². The molecule has 0 bridgehead atoms. The van der Waals surface area contributed by atoms with Crippen molar-refractivity contribution in [2.45, 2.75) is 29.6 Å². The van der Waals surface area contributed by atoms with Gasteiger partial charge in [0.25, 0.3) is 5.56 Å². The third kappa shape index (κ3) is 4.64. The van der Waals surface area contributed by atoms with E-state index in [2.05, 4.69) is 15.5 Å². The van der Waals surface area contributed by atoms with Gasteiger partial charge in [-0.1, -0.05) is 23.0 Å². The molecular formula is C19H15F3N4O3S2. The first-order valence-electron chi connectivity index (χ1n) is 9.04. The maximum Gasteiger partial charge on any atom is 0.416 e. The Morgan fingerprint density at radius 1 is 1.35 bits per heavy atom. The van der Waals surface area contributed by atoms with Crippen molar-refractivity contribution in [2.24, 2.45) is 0 Å². The molecule has 4 rings (SSSR count). The quantitative estimate of drug-likeness (QED) is 0.448. The molecule has 0 atom stereocenters. The second-order valence-electron chi connectivity index (χ2n) is 6.62. The minimum absolute atomic E-state index is 0.0395. The third-order valence-electron chi connectivity index (χ3n) is 4.33. The number of halogens is 3. The molecule has 0 aliphatic carbocycles. The highest BCUT2D eigenvalue weighted by Gasteiger charge is 2.31.